The quantitative estimate of drug-likeness (QED) is 0.343. The van der Waals surface area contributed by atoms with Crippen LogP contribution in [-0.2, 0) is 15.7 Å². The Kier molecular flexibility index (Phi) is 4.32. The van der Waals surface area contributed by atoms with E-state index in [1.54, 1.807) is 7.11 Å². The number of rotatable bonds is 2. The molecule has 0 unspecified atom stereocenters. The number of nitrogens with zero attached hydrogens (tertiary/aromatic N) is 2. The van der Waals surface area contributed by atoms with Crippen LogP contribution in [0.2, 0.25) is 0 Å². The zero-order valence-electron chi connectivity index (χ0n) is 21.6. The molecule has 6 heteroatoms. The first-order valence-electron chi connectivity index (χ1n) is 13.2. The van der Waals surface area contributed by atoms with Gasteiger partial charge in [-0.15, -0.1) is 0 Å². The number of pyridine rings is 1. The van der Waals surface area contributed by atoms with Crippen molar-refractivity contribution in [1.82, 2.24) is 9.88 Å². The molecule has 4 aromatic carbocycles. The van der Waals surface area contributed by atoms with Crippen LogP contribution in [0.25, 0.3) is 21.7 Å². The largest absolute Gasteiger partial charge is 0.481 e. The van der Waals surface area contributed by atoms with Crippen LogP contribution >= 0.6 is 0 Å². The fourth-order valence-electron chi connectivity index (χ4n) is 7.86. The first-order valence-corrected chi connectivity index (χ1v) is 13.2. The van der Waals surface area contributed by atoms with Gasteiger partial charge in [-0.2, -0.15) is 0 Å². The van der Waals surface area contributed by atoms with Gasteiger partial charge in [0, 0.05) is 34.7 Å². The van der Waals surface area contributed by atoms with Crippen LogP contribution in [0.5, 0.6) is 5.88 Å². The Bertz CT molecular complexity index is 1890. The van der Waals surface area contributed by atoms with Crippen molar-refractivity contribution in [2.75, 3.05) is 26.0 Å². The van der Waals surface area contributed by atoms with Gasteiger partial charge in [-0.25, -0.2) is 4.98 Å². The third kappa shape index (κ3) is 2.44. The van der Waals surface area contributed by atoms with E-state index in [4.69, 9.17) is 9.72 Å². The van der Waals surface area contributed by atoms with Crippen molar-refractivity contribution < 1.29 is 14.3 Å². The third-order valence-electron chi connectivity index (χ3n) is 9.23. The van der Waals surface area contributed by atoms with Gasteiger partial charge in [0.15, 0.2) is 5.78 Å². The highest BCUT2D eigenvalue weighted by Gasteiger charge is 2.76. The van der Waals surface area contributed by atoms with Crippen molar-refractivity contribution in [3.63, 3.8) is 0 Å². The Labute approximate surface area is 225 Å². The summed E-state index contributed by atoms with van der Waals surface area (Å²) in [4.78, 5) is 36.5. The summed E-state index contributed by atoms with van der Waals surface area (Å²) >= 11 is 0. The Morgan fingerprint density at radius 3 is 2.46 bits per heavy atom. The number of para-hydroxylation sites is 2. The van der Waals surface area contributed by atoms with Crippen LogP contribution in [0, 0.1) is 0 Å². The third-order valence-corrected chi connectivity index (χ3v) is 9.23. The maximum Gasteiger partial charge on any atom is 0.238 e. The van der Waals surface area contributed by atoms with Crippen LogP contribution in [-0.4, -0.2) is 42.3 Å². The van der Waals surface area contributed by atoms with E-state index in [0.717, 1.165) is 44.1 Å². The number of carbonyl (C=O) groups excluding carboxylic acids is 2. The molecule has 1 amide bonds. The first kappa shape index (κ1) is 22.4. The van der Waals surface area contributed by atoms with E-state index in [1.807, 2.05) is 92.0 Å². The number of ketones is 1. The number of likely N-dealkylation sites (N-methyl/N-ethyl adjacent to an activating group) is 1. The summed E-state index contributed by atoms with van der Waals surface area (Å²) in [6.45, 7) is 0.467. The van der Waals surface area contributed by atoms with E-state index >= 15 is 0 Å². The van der Waals surface area contributed by atoms with Crippen molar-refractivity contribution in [1.29, 1.82) is 0 Å². The number of anilines is 1. The molecule has 190 valence electrons. The predicted molar refractivity (Wildman–Crippen MR) is 150 cm³/mol. The highest BCUT2D eigenvalue weighted by molar-refractivity contribution is 6.25. The molecule has 5 aromatic rings. The minimum Gasteiger partial charge on any atom is -0.481 e. The summed E-state index contributed by atoms with van der Waals surface area (Å²) in [6.07, 6.45) is 0. The van der Waals surface area contributed by atoms with Gasteiger partial charge >= 0.3 is 0 Å². The summed E-state index contributed by atoms with van der Waals surface area (Å²) in [6, 6.07) is 29.7. The summed E-state index contributed by atoms with van der Waals surface area (Å²) < 4.78 is 5.88. The molecular formula is C33H25N3O3. The summed E-state index contributed by atoms with van der Waals surface area (Å²) in [5, 5.41) is 6.06. The highest BCUT2D eigenvalue weighted by atomic mass is 16.5. The zero-order chi connectivity index (χ0) is 26.5. The number of methoxy groups -OCH3 is 1. The van der Waals surface area contributed by atoms with E-state index in [2.05, 4.69) is 16.3 Å². The molecule has 1 saturated heterocycles. The van der Waals surface area contributed by atoms with Gasteiger partial charge in [0.05, 0.1) is 12.6 Å². The molecule has 2 aliphatic heterocycles. The SMILES string of the molecule is COc1nc2ccccc2cc1[C@@H]1CN(C)[C@]2(C(=O)c3cccc4cccc2c34)[C@@]12C(=O)Nc1ccccc12. The lowest BCUT2D eigenvalue weighted by atomic mass is 9.57. The monoisotopic (exact) mass is 511 g/mol. The second-order valence-corrected chi connectivity index (χ2v) is 10.8. The predicted octanol–water partition coefficient (Wildman–Crippen LogP) is 5.41. The van der Waals surface area contributed by atoms with Crippen molar-refractivity contribution in [3.05, 3.63) is 113 Å². The molecule has 0 radical (unpaired) electrons. The standard InChI is InChI=1S/C33H25N3O3/c1-36-18-25(22-17-20-9-3-5-15-26(20)34-30(22)39-2)32(23-13-4-6-16-27(23)35-31(32)38)33(36)24-14-8-11-19-10-7-12-21(28(19)24)29(33)37/h3-17,25H,18H2,1-2H3,(H,35,38)/t25-,32+,33+/m0/s1. The zero-order valence-corrected chi connectivity index (χ0v) is 21.6. The lowest BCUT2D eigenvalue weighted by molar-refractivity contribution is -0.123. The molecular weight excluding hydrogens is 486 g/mol. The van der Waals surface area contributed by atoms with Gasteiger partial charge in [-0.3, -0.25) is 14.5 Å². The normalized spacial score (nSPS) is 25.2. The molecule has 1 aliphatic carbocycles. The molecule has 3 atom stereocenters. The molecule has 3 aliphatic rings. The number of carbonyl (C=O) groups is 2. The first-order chi connectivity index (χ1) is 19.0. The molecule has 1 aromatic heterocycles. The molecule has 0 saturated carbocycles. The van der Waals surface area contributed by atoms with E-state index in [1.165, 1.54) is 0 Å². The Hall–Kier alpha value is -4.55. The highest BCUT2D eigenvalue weighted by Crippen LogP contribution is 2.67. The van der Waals surface area contributed by atoms with Crippen LogP contribution in [0.15, 0.2) is 91.0 Å². The van der Waals surface area contributed by atoms with E-state index in [0.29, 0.717) is 18.0 Å². The van der Waals surface area contributed by atoms with E-state index in [9.17, 15) is 9.59 Å². The van der Waals surface area contributed by atoms with Crippen LogP contribution in [0.1, 0.15) is 33.0 Å². The second-order valence-electron chi connectivity index (χ2n) is 10.8. The number of Topliss-reactive ketones (excluding diaryl/α,β-unsaturated/α-hetero) is 1. The molecule has 2 spiro atoms. The van der Waals surface area contributed by atoms with Crippen molar-refractivity contribution >= 4 is 39.1 Å². The maximum absolute atomic E-state index is 14.9. The maximum atomic E-state index is 14.9. The number of amides is 1. The average molecular weight is 512 g/mol. The van der Waals surface area contributed by atoms with Gasteiger partial charge in [0.2, 0.25) is 11.8 Å². The molecule has 6 nitrogen and oxygen atoms in total. The number of ether oxygens (including phenoxy) is 1. The number of hydrogen-bond acceptors (Lipinski definition) is 5. The summed E-state index contributed by atoms with van der Waals surface area (Å²) in [5.41, 5.74) is 2.26. The average Bonchev–Trinajstić information content (AvgIpc) is 3.52. The number of fused-ring (bicyclic) bond motifs is 5. The fourth-order valence-corrected chi connectivity index (χ4v) is 7.86. The molecule has 3 heterocycles. The van der Waals surface area contributed by atoms with Crippen molar-refractivity contribution in [3.8, 4) is 5.88 Å². The van der Waals surface area contributed by atoms with E-state index in [-0.39, 0.29) is 11.7 Å². The van der Waals surface area contributed by atoms with Gasteiger partial charge < -0.3 is 10.1 Å². The Balaban J connectivity index is 1.52. The molecule has 1 N–H and O–H groups in total. The molecule has 8 rings (SSSR count). The van der Waals surface area contributed by atoms with Crippen LogP contribution in [0.4, 0.5) is 5.69 Å². The smallest absolute Gasteiger partial charge is 0.238 e. The van der Waals surface area contributed by atoms with Gasteiger partial charge in [-0.1, -0.05) is 72.8 Å². The minimum atomic E-state index is -1.25. The van der Waals surface area contributed by atoms with E-state index < -0.39 is 16.9 Å². The van der Waals surface area contributed by atoms with Crippen molar-refractivity contribution in [2.45, 2.75) is 16.9 Å². The van der Waals surface area contributed by atoms with Crippen LogP contribution in [0.3, 0.4) is 0 Å². The molecule has 0 bridgehead atoms. The summed E-state index contributed by atoms with van der Waals surface area (Å²) in [5.74, 6) is -0.154. The summed E-state index contributed by atoms with van der Waals surface area (Å²) in [7, 11) is 3.58. The van der Waals surface area contributed by atoms with Crippen molar-refractivity contribution in [2.24, 2.45) is 0 Å². The fraction of sp³-hybridized carbons (Fsp3) is 0.182. The minimum absolute atomic E-state index is 0.0427. The Morgan fingerprint density at radius 1 is 0.897 bits per heavy atom. The molecule has 39 heavy (non-hydrogen) atoms. The second kappa shape index (κ2) is 7.52. The Morgan fingerprint density at radius 2 is 1.62 bits per heavy atom. The lowest BCUT2D eigenvalue weighted by Crippen LogP contribution is -2.60. The topological polar surface area (TPSA) is 71.5 Å². The number of benzene rings is 4. The van der Waals surface area contributed by atoms with Crippen LogP contribution < -0.4 is 10.1 Å². The van der Waals surface area contributed by atoms with Gasteiger partial charge in [-0.05, 0) is 47.1 Å². The van der Waals surface area contributed by atoms with Gasteiger partial charge in [0.1, 0.15) is 11.0 Å². The number of likely N-dealkylation sites (tertiary alicyclic amines) is 1. The number of hydrogen-bond donors (Lipinski definition) is 1. The van der Waals surface area contributed by atoms with Gasteiger partial charge in [0.25, 0.3) is 0 Å². The number of aromatic nitrogens is 1. The lowest BCUT2D eigenvalue weighted by Gasteiger charge is -2.44. The number of nitrogens with one attached hydrogen (secondary N) is 1. The molecule has 1 fully saturated rings.